The average molecular weight is 496 g/mol. The third-order valence-corrected chi connectivity index (χ3v) is 6.69. The van der Waals surface area contributed by atoms with Gasteiger partial charge in [0, 0.05) is 22.7 Å². The second-order valence-corrected chi connectivity index (χ2v) is 9.85. The predicted molar refractivity (Wildman–Crippen MR) is 139 cm³/mol. The summed E-state index contributed by atoms with van der Waals surface area (Å²) in [7, 11) is 1.65. The van der Waals surface area contributed by atoms with Gasteiger partial charge in [0.25, 0.3) is 5.91 Å². The van der Waals surface area contributed by atoms with E-state index < -0.39 is 0 Å². The Morgan fingerprint density at radius 1 is 1.11 bits per heavy atom. The first-order valence-corrected chi connectivity index (χ1v) is 12.8. The van der Waals surface area contributed by atoms with E-state index in [9.17, 15) is 4.79 Å². The Balaban J connectivity index is 1.74. The fourth-order valence-corrected chi connectivity index (χ4v) is 4.64. The SMILES string of the molecule is CCCCCN1C(=O)c2[nH]nc(-c3ccc(Cl)cc3)c2C1c1ccc(OCCC(C)C)c(OC)c1. The third kappa shape index (κ3) is 5.32. The lowest BCUT2D eigenvalue weighted by Crippen LogP contribution is -2.30. The molecule has 0 aliphatic carbocycles. The third-order valence-electron chi connectivity index (χ3n) is 6.44. The molecule has 1 aliphatic rings. The lowest BCUT2D eigenvalue weighted by atomic mass is 9.95. The minimum Gasteiger partial charge on any atom is -0.493 e. The molecule has 35 heavy (non-hydrogen) atoms. The van der Waals surface area contributed by atoms with Crippen LogP contribution in [-0.2, 0) is 0 Å². The van der Waals surface area contributed by atoms with Crippen molar-refractivity contribution in [2.75, 3.05) is 20.3 Å². The fourth-order valence-electron chi connectivity index (χ4n) is 4.51. The van der Waals surface area contributed by atoms with Crippen LogP contribution >= 0.6 is 11.6 Å². The molecular formula is C28H34ClN3O3. The number of hydrogen-bond acceptors (Lipinski definition) is 4. The minimum absolute atomic E-state index is 0.0231. The Bertz CT molecular complexity index is 1160. The largest absolute Gasteiger partial charge is 0.493 e. The van der Waals surface area contributed by atoms with Crippen LogP contribution < -0.4 is 9.47 Å². The highest BCUT2D eigenvalue weighted by atomic mass is 35.5. The van der Waals surface area contributed by atoms with Gasteiger partial charge < -0.3 is 14.4 Å². The summed E-state index contributed by atoms with van der Waals surface area (Å²) in [6.45, 7) is 7.82. The number of aromatic amines is 1. The summed E-state index contributed by atoms with van der Waals surface area (Å²) in [4.78, 5) is 15.4. The first kappa shape index (κ1) is 25.1. The minimum atomic E-state index is -0.266. The summed E-state index contributed by atoms with van der Waals surface area (Å²) in [5, 5.41) is 8.22. The second kappa shape index (κ2) is 11.2. The molecule has 1 aromatic heterocycles. The summed E-state index contributed by atoms with van der Waals surface area (Å²) < 4.78 is 11.7. The number of methoxy groups -OCH3 is 1. The predicted octanol–water partition coefficient (Wildman–Crippen LogP) is 6.90. The number of rotatable bonds is 11. The summed E-state index contributed by atoms with van der Waals surface area (Å²) in [6.07, 6.45) is 4.07. The fraction of sp³-hybridized carbons (Fsp3) is 0.429. The van der Waals surface area contributed by atoms with Crippen LogP contribution in [0.2, 0.25) is 5.02 Å². The first-order chi connectivity index (χ1) is 16.9. The molecule has 6 nitrogen and oxygen atoms in total. The highest BCUT2D eigenvalue weighted by Gasteiger charge is 2.42. The van der Waals surface area contributed by atoms with Gasteiger partial charge >= 0.3 is 0 Å². The van der Waals surface area contributed by atoms with Crippen molar-refractivity contribution in [1.82, 2.24) is 15.1 Å². The Kier molecular flexibility index (Phi) is 8.01. The number of carbonyl (C=O) groups excluding carboxylic acids is 1. The molecule has 7 heteroatoms. The van der Waals surface area contributed by atoms with Crippen LogP contribution in [-0.4, -0.2) is 41.3 Å². The molecule has 2 aromatic carbocycles. The molecule has 4 rings (SSSR count). The number of H-pyrrole nitrogens is 1. The molecule has 0 saturated carbocycles. The Hall–Kier alpha value is -2.99. The molecule has 186 valence electrons. The van der Waals surface area contributed by atoms with Crippen molar-refractivity contribution in [1.29, 1.82) is 0 Å². The average Bonchev–Trinajstić information content (AvgIpc) is 3.39. The maximum Gasteiger partial charge on any atom is 0.273 e. The quantitative estimate of drug-likeness (QED) is 0.294. The number of fused-ring (bicyclic) bond motifs is 1. The lowest BCUT2D eigenvalue weighted by Gasteiger charge is -2.27. The van der Waals surface area contributed by atoms with E-state index in [0.717, 1.165) is 48.1 Å². The van der Waals surface area contributed by atoms with Gasteiger partial charge in [-0.2, -0.15) is 5.10 Å². The lowest BCUT2D eigenvalue weighted by molar-refractivity contribution is 0.0740. The van der Waals surface area contributed by atoms with E-state index in [2.05, 4.69) is 31.0 Å². The Morgan fingerprint density at radius 3 is 2.57 bits per heavy atom. The molecule has 1 aliphatic heterocycles. The number of carbonyl (C=O) groups is 1. The van der Waals surface area contributed by atoms with Crippen molar-refractivity contribution in [3.63, 3.8) is 0 Å². The number of unbranched alkanes of at least 4 members (excludes halogenated alkanes) is 2. The van der Waals surface area contributed by atoms with E-state index in [1.807, 2.05) is 47.4 Å². The van der Waals surface area contributed by atoms with Gasteiger partial charge in [0.15, 0.2) is 11.5 Å². The van der Waals surface area contributed by atoms with Gasteiger partial charge in [-0.15, -0.1) is 0 Å². The van der Waals surface area contributed by atoms with Gasteiger partial charge in [0.1, 0.15) is 5.69 Å². The van der Waals surface area contributed by atoms with Crippen LogP contribution in [0.5, 0.6) is 11.5 Å². The van der Waals surface area contributed by atoms with Crippen LogP contribution in [0.3, 0.4) is 0 Å². The Labute approximate surface area is 212 Å². The Morgan fingerprint density at radius 2 is 1.89 bits per heavy atom. The van der Waals surface area contributed by atoms with Crippen LogP contribution in [0.25, 0.3) is 11.3 Å². The van der Waals surface area contributed by atoms with Crippen molar-refractivity contribution in [2.24, 2.45) is 5.92 Å². The van der Waals surface area contributed by atoms with Gasteiger partial charge in [-0.3, -0.25) is 9.89 Å². The smallest absolute Gasteiger partial charge is 0.273 e. The van der Waals surface area contributed by atoms with Crippen LogP contribution in [0.15, 0.2) is 42.5 Å². The zero-order valence-electron chi connectivity index (χ0n) is 20.9. The van der Waals surface area contributed by atoms with Crippen molar-refractivity contribution in [3.8, 4) is 22.8 Å². The molecule has 0 bridgehead atoms. The molecule has 1 unspecified atom stereocenters. The number of benzene rings is 2. The van der Waals surface area contributed by atoms with E-state index >= 15 is 0 Å². The summed E-state index contributed by atoms with van der Waals surface area (Å²) >= 11 is 6.12. The highest BCUT2D eigenvalue weighted by Crippen LogP contribution is 2.44. The number of halogens is 1. The number of ether oxygens (including phenoxy) is 2. The number of hydrogen-bond donors (Lipinski definition) is 1. The van der Waals surface area contributed by atoms with E-state index in [-0.39, 0.29) is 11.9 Å². The topological polar surface area (TPSA) is 67.5 Å². The zero-order chi connectivity index (χ0) is 24.9. The molecule has 1 N–H and O–H groups in total. The van der Waals surface area contributed by atoms with Crippen molar-refractivity contribution < 1.29 is 14.3 Å². The van der Waals surface area contributed by atoms with Gasteiger partial charge in [-0.1, -0.05) is 63.4 Å². The van der Waals surface area contributed by atoms with Gasteiger partial charge in [0.2, 0.25) is 0 Å². The second-order valence-electron chi connectivity index (χ2n) is 9.42. The zero-order valence-corrected chi connectivity index (χ0v) is 21.7. The normalized spacial score (nSPS) is 15.1. The van der Waals surface area contributed by atoms with Crippen molar-refractivity contribution >= 4 is 17.5 Å². The molecule has 1 atom stereocenters. The molecule has 1 amide bonds. The van der Waals surface area contributed by atoms with E-state index in [1.54, 1.807) is 7.11 Å². The summed E-state index contributed by atoms with van der Waals surface area (Å²) in [5.41, 5.74) is 4.10. The molecule has 0 spiro atoms. The molecule has 2 heterocycles. The standard InChI is InChI=1S/C28H34ClN3O3/c1-5-6-7-15-32-27(20-10-13-22(23(17-20)34-4)35-16-14-18(2)3)24-25(30-31-26(24)28(32)33)19-8-11-21(29)12-9-19/h8-13,17-18,27H,5-7,14-16H2,1-4H3,(H,30,31). The monoisotopic (exact) mass is 495 g/mol. The molecule has 3 aromatic rings. The molecule has 0 fully saturated rings. The van der Waals surface area contributed by atoms with E-state index in [0.29, 0.717) is 41.3 Å². The number of nitrogens with one attached hydrogen (secondary N) is 1. The van der Waals surface area contributed by atoms with Crippen LogP contribution in [0.4, 0.5) is 0 Å². The molecule has 0 saturated heterocycles. The van der Waals surface area contributed by atoms with Gasteiger partial charge in [-0.25, -0.2) is 0 Å². The van der Waals surface area contributed by atoms with E-state index in [1.165, 1.54) is 0 Å². The van der Waals surface area contributed by atoms with E-state index in [4.69, 9.17) is 21.1 Å². The number of nitrogens with zero attached hydrogens (tertiary/aromatic N) is 2. The maximum absolute atomic E-state index is 13.5. The van der Waals surface area contributed by atoms with Crippen LogP contribution in [0, 0.1) is 5.92 Å². The summed E-state index contributed by atoms with van der Waals surface area (Å²) in [5.74, 6) is 1.92. The number of amides is 1. The highest BCUT2D eigenvalue weighted by molar-refractivity contribution is 6.30. The maximum atomic E-state index is 13.5. The molecule has 0 radical (unpaired) electrons. The van der Waals surface area contributed by atoms with Crippen LogP contribution in [0.1, 0.15) is 74.1 Å². The summed E-state index contributed by atoms with van der Waals surface area (Å²) in [6, 6.07) is 13.3. The van der Waals surface area contributed by atoms with Gasteiger partial charge in [-0.05, 0) is 48.6 Å². The first-order valence-electron chi connectivity index (χ1n) is 12.4. The molecular weight excluding hydrogens is 462 g/mol. The number of aromatic nitrogens is 2. The van der Waals surface area contributed by atoms with Crippen molar-refractivity contribution in [3.05, 3.63) is 64.3 Å². The van der Waals surface area contributed by atoms with Gasteiger partial charge in [0.05, 0.1) is 25.5 Å². The van der Waals surface area contributed by atoms with Crippen molar-refractivity contribution in [2.45, 2.75) is 52.5 Å².